The van der Waals surface area contributed by atoms with E-state index in [2.05, 4.69) is 18.7 Å². The van der Waals surface area contributed by atoms with E-state index in [1.165, 1.54) is 51.5 Å². The minimum Gasteiger partial charge on any atom is -0.329 e. The van der Waals surface area contributed by atoms with E-state index in [0.29, 0.717) is 5.54 Å². The lowest BCUT2D eigenvalue weighted by molar-refractivity contribution is -0.00173. The van der Waals surface area contributed by atoms with Gasteiger partial charge in [-0.25, -0.2) is 0 Å². The SMILES string of the molecule is CCC(CC)(CN)N1CCCC2CCCC21. The molecular formula is C14H28N2. The van der Waals surface area contributed by atoms with Crippen LogP contribution in [0.2, 0.25) is 0 Å². The van der Waals surface area contributed by atoms with Crippen LogP contribution in [-0.2, 0) is 0 Å². The third kappa shape index (κ3) is 1.91. The van der Waals surface area contributed by atoms with Gasteiger partial charge in [-0.3, -0.25) is 4.90 Å². The zero-order valence-electron chi connectivity index (χ0n) is 11.0. The molecular weight excluding hydrogens is 196 g/mol. The highest BCUT2D eigenvalue weighted by Gasteiger charge is 2.43. The van der Waals surface area contributed by atoms with Crippen LogP contribution >= 0.6 is 0 Å². The molecule has 16 heavy (non-hydrogen) atoms. The van der Waals surface area contributed by atoms with Crippen molar-refractivity contribution in [1.29, 1.82) is 0 Å². The van der Waals surface area contributed by atoms with Crippen LogP contribution in [0.4, 0.5) is 0 Å². The topological polar surface area (TPSA) is 29.3 Å². The zero-order chi connectivity index (χ0) is 11.6. The van der Waals surface area contributed by atoms with Crippen LogP contribution in [0, 0.1) is 5.92 Å². The molecule has 0 amide bonds. The van der Waals surface area contributed by atoms with Gasteiger partial charge < -0.3 is 5.73 Å². The molecule has 0 aromatic heterocycles. The molecule has 1 saturated carbocycles. The molecule has 1 aliphatic carbocycles. The second-order valence-corrected chi connectivity index (χ2v) is 5.73. The Hall–Kier alpha value is -0.0800. The van der Waals surface area contributed by atoms with E-state index in [9.17, 15) is 0 Å². The van der Waals surface area contributed by atoms with Gasteiger partial charge in [0.2, 0.25) is 0 Å². The van der Waals surface area contributed by atoms with Crippen molar-refractivity contribution in [2.24, 2.45) is 11.7 Å². The molecule has 0 bridgehead atoms. The van der Waals surface area contributed by atoms with E-state index in [4.69, 9.17) is 5.73 Å². The number of likely N-dealkylation sites (tertiary alicyclic amines) is 1. The number of nitrogens with zero attached hydrogens (tertiary/aromatic N) is 1. The summed E-state index contributed by atoms with van der Waals surface area (Å²) in [5.41, 5.74) is 6.40. The Morgan fingerprint density at radius 3 is 2.44 bits per heavy atom. The van der Waals surface area contributed by atoms with Gasteiger partial charge in [-0.15, -0.1) is 0 Å². The molecule has 2 unspecified atom stereocenters. The zero-order valence-corrected chi connectivity index (χ0v) is 11.0. The van der Waals surface area contributed by atoms with Crippen LogP contribution in [0.15, 0.2) is 0 Å². The smallest absolute Gasteiger partial charge is 0.0329 e. The van der Waals surface area contributed by atoms with Crippen molar-refractivity contribution in [2.75, 3.05) is 13.1 Å². The summed E-state index contributed by atoms with van der Waals surface area (Å²) >= 11 is 0. The summed E-state index contributed by atoms with van der Waals surface area (Å²) in [4.78, 5) is 2.80. The highest BCUT2D eigenvalue weighted by atomic mass is 15.2. The number of piperidine rings is 1. The Morgan fingerprint density at radius 1 is 1.12 bits per heavy atom. The summed E-state index contributed by atoms with van der Waals surface area (Å²) in [6, 6.07) is 0.859. The number of rotatable bonds is 4. The van der Waals surface area contributed by atoms with Crippen LogP contribution < -0.4 is 5.73 Å². The van der Waals surface area contributed by atoms with E-state index in [1.54, 1.807) is 0 Å². The van der Waals surface area contributed by atoms with E-state index in [1.807, 2.05) is 0 Å². The highest BCUT2D eigenvalue weighted by molar-refractivity contribution is 4.99. The number of fused-ring (bicyclic) bond motifs is 1. The lowest BCUT2D eigenvalue weighted by Gasteiger charge is -2.50. The molecule has 1 saturated heterocycles. The van der Waals surface area contributed by atoms with Gasteiger partial charge in [0.1, 0.15) is 0 Å². The fraction of sp³-hybridized carbons (Fsp3) is 1.00. The first kappa shape index (κ1) is 12.4. The summed E-state index contributed by atoms with van der Waals surface area (Å²) in [5.74, 6) is 0.984. The van der Waals surface area contributed by atoms with Gasteiger partial charge in [-0.05, 0) is 51.0 Å². The lowest BCUT2D eigenvalue weighted by atomic mass is 9.83. The molecule has 2 nitrogen and oxygen atoms in total. The second-order valence-electron chi connectivity index (χ2n) is 5.73. The fourth-order valence-electron chi connectivity index (χ4n) is 4.10. The molecule has 0 radical (unpaired) electrons. The predicted octanol–water partition coefficient (Wildman–Crippen LogP) is 2.77. The van der Waals surface area contributed by atoms with Crippen molar-refractivity contribution in [2.45, 2.75) is 70.4 Å². The summed E-state index contributed by atoms with van der Waals surface area (Å²) in [5, 5.41) is 0. The number of hydrogen-bond donors (Lipinski definition) is 1. The molecule has 2 fully saturated rings. The van der Waals surface area contributed by atoms with Crippen molar-refractivity contribution in [1.82, 2.24) is 4.90 Å². The van der Waals surface area contributed by atoms with E-state index >= 15 is 0 Å². The maximum Gasteiger partial charge on any atom is 0.0329 e. The minimum absolute atomic E-state index is 0.299. The van der Waals surface area contributed by atoms with Crippen molar-refractivity contribution >= 4 is 0 Å². The fourth-order valence-corrected chi connectivity index (χ4v) is 4.10. The summed E-state index contributed by atoms with van der Waals surface area (Å²) in [7, 11) is 0. The first-order valence-corrected chi connectivity index (χ1v) is 7.24. The molecule has 2 N–H and O–H groups in total. The molecule has 0 spiro atoms. The Morgan fingerprint density at radius 2 is 1.81 bits per heavy atom. The average molecular weight is 224 g/mol. The van der Waals surface area contributed by atoms with Crippen molar-refractivity contribution < 1.29 is 0 Å². The van der Waals surface area contributed by atoms with Gasteiger partial charge >= 0.3 is 0 Å². The Kier molecular flexibility index (Phi) is 3.91. The third-order valence-corrected chi connectivity index (χ3v) is 5.30. The van der Waals surface area contributed by atoms with Gasteiger partial charge in [0.05, 0.1) is 0 Å². The number of hydrogen-bond acceptors (Lipinski definition) is 2. The van der Waals surface area contributed by atoms with Gasteiger partial charge in [0.15, 0.2) is 0 Å². The molecule has 94 valence electrons. The van der Waals surface area contributed by atoms with Gasteiger partial charge in [-0.1, -0.05) is 20.3 Å². The summed E-state index contributed by atoms with van der Waals surface area (Å²) in [6.07, 6.45) is 9.62. The van der Waals surface area contributed by atoms with Crippen molar-refractivity contribution in [3.05, 3.63) is 0 Å². The Labute approximate surface area is 101 Å². The maximum atomic E-state index is 6.10. The first-order valence-electron chi connectivity index (χ1n) is 7.24. The average Bonchev–Trinajstić information content (AvgIpc) is 2.81. The quantitative estimate of drug-likeness (QED) is 0.795. The molecule has 2 heteroatoms. The van der Waals surface area contributed by atoms with Gasteiger partial charge in [0.25, 0.3) is 0 Å². The standard InChI is InChI=1S/C14H28N2/c1-3-14(4-2,11-15)16-10-6-8-12-7-5-9-13(12)16/h12-13H,3-11,15H2,1-2H3. The monoisotopic (exact) mass is 224 g/mol. The van der Waals surface area contributed by atoms with Crippen LogP contribution in [-0.4, -0.2) is 29.6 Å². The van der Waals surface area contributed by atoms with Crippen LogP contribution in [0.5, 0.6) is 0 Å². The molecule has 2 rings (SSSR count). The van der Waals surface area contributed by atoms with Crippen LogP contribution in [0.1, 0.15) is 58.8 Å². The van der Waals surface area contributed by atoms with Crippen molar-refractivity contribution in [3.8, 4) is 0 Å². The molecule has 0 aromatic carbocycles. The number of nitrogens with two attached hydrogens (primary N) is 1. The lowest BCUT2D eigenvalue weighted by Crippen LogP contribution is -2.59. The van der Waals surface area contributed by atoms with Crippen molar-refractivity contribution in [3.63, 3.8) is 0 Å². The van der Waals surface area contributed by atoms with E-state index < -0.39 is 0 Å². The molecule has 1 heterocycles. The first-order chi connectivity index (χ1) is 7.77. The minimum atomic E-state index is 0.299. The Bertz CT molecular complexity index is 215. The highest BCUT2D eigenvalue weighted by Crippen LogP contribution is 2.41. The second kappa shape index (κ2) is 5.05. The summed E-state index contributed by atoms with van der Waals surface area (Å²) in [6.45, 7) is 6.76. The van der Waals surface area contributed by atoms with Gasteiger partial charge in [0, 0.05) is 18.1 Å². The molecule has 2 aliphatic rings. The van der Waals surface area contributed by atoms with E-state index in [-0.39, 0.29) is 0 Å². The van der Waals surface area contributed by atoms with Gasteiger partial charge in [-0.2, -0.15) is 0 Å². The van der Waals surface area contributed by atoms with Crippen LogP contribution in [0.3, 0.4) is 0 Å². The molecule has 0 aromatic rings. The predicted molar refractivity (Wildman–Crippen MR) is 69.4 cm³/mol. The molecule has 2 atom stereocenters. The molecule has 1 aliphatic heterocycles. The third-order valence-electron chi connectivity index (χ3n) is 5.30. The van der Waals surface area contributed by atoms with E-state index in [0.717, 1.165) is 18.5 Å². The van der Waals surface area contributed by atoms with Crippen LogP contribution in [0.25, 0.3) is 0 Å². The largest absolute Gasteiger partial charge is 0.329 e. The Balaban J connectivity index is 2.16. The summed E-state index contributed by atoms with van der Waals surface area (Å²) < 4.78 is 0. The maximum absolute atomic E-state index is 6.10. The normalized spacial score (nSPS) is 31.7.